The van der Waals surface area contributed by atoms with Crippen LogP contribution in [0.2, 0.25) is 0 Å². The molecule has 0 heterocycles. The third-order valence-corrected chi connectivity index (χ3v) is 2.94. The second-order valence-corrected chi connectivity index (χ2v) is 3.80. The molecule has 3 atom stereocenters. The van der Waals surface area contributed by atoms with Crippen molar-refractivity contribution in [3.8, 4) is 0 Å². The van der Waals surface area contributed by atoms with Crippen LogP contribution >= 0.6 is 0 Å². The molecule has 0 radical (unpaired) electrons. The molecule has 1 N–H and O–H groups in total. The van der Waals surface area contributed by atoms with E-state index >= 15 is 0 Å². The SMILES string of the molecule is O=C1C=CC(=O)[C@H]2CC=C[C@@H](C(=O)O)[C@H]12. The lowest BCUT2D eigenvalue weighted by Crippen LogP contribution is -2.41. The maximum Gasteiger partial charge on any atom is 0.311 e. The number of hydrogen-bond donors (Lipinski definition) is 1. The Morgan fingerprint density at radius 3 is 2.60 bits per heavy atom. The van der Waals surface area contributed by atoms with Gasteiger partial charge in [0.1, 0.15) is 0 Å². The number of allylic oxidation sites excluding steroid dienone is 3. The summed E-state index contributed by atoms with van der Waals surface area (Å²) in [5.41, 5.74) is 0. The average molecular weight is 206 g/mol. The van der Waals surface area contributed by atoms with Crippen molar-refractivity contribution < 1.29 is 19.5 Å². The Bertz CT molecular complexity index is 391. The van der Waals surface area contributed by atoms with E-state index in [2.05, 4.69) is 0 Å². The van der Waals surface area contributed by atoms with Crippen LogP contribution in [0.4, 0.5) is 0 Å². The monoisotopic (exact) mass is 206 g/mol. The fraction of sp³-hybridized carbons (Fsp3) is 0.364. The molecule has 2 rings (SSSR count). The lowest BCUT2D eigenvalue weighted by atomic mass is 9.69. The second-order valence-electron chi connectivity index (χ2n) is 3.80. The summed E-state index contributed by atoms with van der Waals surface area (Å²) in [6, 6.07) is 0. The summed E-state index contributed by atoms with van der Waals surface area (Å²) in [6.45, 7) is 0. The van der Waals surface area contributed by atoms with Gasteiger partial charge in [-0.05, 0) is 18.6 Å². The first-order valence-electron chi connectivity index (χ1n) is 4.76. The Labute approximate surface area is 86.3 Å². The van der Waals surface area contributed by atoms with Crippen molar-refractivity contribution in [2.45, 2.75) is 6.42 Å². The van der Waals surface area contributed by atoms with Gasteiger partial charge in [-0.3, -0.25) is 14.4 Å². The van der Waals surface area contributed by atoms with Gasteiger partial charge in [0.15, 0.2) is 11.6 Å². The standard InChI is InChI=1S/C11H10O4/c12-8-4-5-9(13)10-6(8)2-1-3-7(10)11(14)15/h1,3-7,10H,2H2,(H,14,15)/t6-,7-,10-/m1/s1. The van der Waals surface area contributed by atoms with Crippen LogP contribution in [-0.2, 0) is 14.4 Å². The molecule has 0 aromatic heterocycles. The number of fused-ring (bicyclic) bond motifs is 1. The summed E-state index contributed by atoms with van der Waals surface area (Å²) in [6.07, 6.45) is 6.08. The minimum absolute atomic E-state index is 0.143. The first-order valence-corrected chi connectivity index (χ1v) is 4.76. The van der Waals surface area contributed by atoms with Crippen molar-refractivity contribution >= 4 is 17.5 Å². The van der Waals surface area contributed by atoms with E-state index in [0.29, 0.717) is 6.42 Å². The van der Waals surface area contributed by atoms with Gasteiger partial charge in [0.05, 0.1) is 5.92 Å². The molecule has 0 saturated heterocycles. The number of carbonyl (C=O) groups is 3. The van der Waals surface area contributed by atoms with Crippen LogP contribution in [0.15, 0.2) is 24.3 Å². The molecular weight excluding hydrogens is 196 g/mol. The molecule has 0 bridgehead atoms. The maximum absolute atomic E-state index is 11.6. The van der Waals surface area contributed by atoms with Crippen molar-refractivity contribution in [2.24, 2.45) is 17.8 Å². The molecule has 15 heavy (non-hydrogen) atoms. The highest BCUT2D eigenvalue weighted by molar-refractivity contribution is 6.08. The summed E-state index contributed by atoms with van der Waals surface area (Å²) in [4.78, 5) is 34.0. The minimum Gasteiger partial charge on any atom is -0.481 e. The summed E-state index contributed by atoms with van der Waals surface area (Å²) in [5.74, 6) is -3.48. The van der Waals surface area contributed by atoms with Crippen LogP contribution in [0.5, 0.6) is 0 Å². The zero-order valence-electron chi connectivity index (χ0n) is 7.92. The highest BCUT2D eigenvalue weighted by Crippen LogP contribution is 2.34. The molecule has 4 heteroatoms. The summed E-state index contributed by atoms with van der Waals surface area (Å²) >= 11 is 0. The maximum atomic E-state index is 11.6. The molecule has 0 saturated carbocycles. The highest BCUT2D eigenvalue weighted by Gasteiger charge is 2.43. The number of aliphatic carboxylic acids is 1. The van der Waals surface area contributed by atoms with Crippen LogP contribution in [0, 0.1) is 17.8 Å². The van der Waals surface area contributed by atoms with E-state index in [0.717, 1.165) is 0 Å². The van der Waals surface area contributed by atoms with Gasteiger partial charge in [0.25, 0.3) is 0 Å². The smallest absolute Gasteiger partial charge is 0.311 e. The van der Waals surface area contributed by atoms with Gasteiger partial charge >= 0.3 is 5.97 Å². The van der Waals surface area contributed by atoms with Gasteiger partial charge in [0.2, 0.25) is 0 Å². The van der Waals surface area contributed by atoms with Crippen molar-refractivity contribution in [3.05, 3.63) is 24.3 Å². The van der Waals surface area contributed by atoms with E-state index < -0.39 is 23.7 Å². The zero-order chi connectivity index (χ0) is 11.0. The summed E-state index contributed by atoms with van der Waals surface area (Å²) < 4.78 is 0. The molecule has 0 fully saturated rings. The first-order chi connectivity index (χ1) is 7.11. The van der Waals surface area contributed by atoms with Gasteiger partial charge < -0.3 is 5.11 Å². The molecule has 0 spiro atoms. The molecule has 0 aromatic rings. The molecule has 2 aliphatic carbocycles. The molecule has 0 aromatic carbocycles. The largest absolute Gasteiger partial charge is 0.481 e. The van der Waals surface area contributed by atoms with Crippen LogP contribution in [0.1, 0.15) is 6.42 Å². The predicted octanol–water partition coefficient (Wildman–Crippen LogP) is 0.587. The number of rotatable bonds is 1. The van der Waals surface area contributed by atoms with Crippen LogP contribution in [-0.4, -0.2) is 22.6 Å². The van der Waals surface area contributed by atoms with E-state index in [-0.39, 0.29) is 11.6 Å². The van der Waals surface area contributed by atoms with Gasteiger partial charge in [-0.25, -0.2) is 0 Å². The van der Waals surface area contributed by atoms with Crippen molar-refractivity contribution in [3.63, 3.8) is 0 Å². The topological polar surface area (TPSA) is 71.4 Å². The molecule has 0 amide bonds. The van der Waals surface area contributed by atoms with Gasteiger partial charge in [-0.1, -0.05) is 12.2 Å². The highest BCUT2D eigenvalue weighted by atomic mass is 16.4. The van der Waals surface area contributed by atoms with Crippen LogP contribution in [0.3, 0.4) is 0 Å². The zero-order valence-corrected chi connectivity index (χ0v) is 7.92. The van der Waals surface area contributed by atoms with Crippen LogP contribution in [0.25, 0.3) is 0 Å². The van der Waals surface area contributed by atoms with E-state index in [1.165, 1.54) is 18.2 Å². The van der Waals surface area contributed by atoms with Gasteiger partial charge in [-0.2, -0.15) is 0 Å². The van der Waals surface area contributed by atoms with Crippen LogP contribution < -0.4 is 0 Å². The van der Waals surface area contributed by atoms with Crippen molar-refractivity contribution in [2.75, 3.05) is 0 Å². The molecule has 78 valence electrons. The second kappa shape index (κ2) is 3.46. The minimum atomic E-state index is -1.04. The lowest BCUT2D eigenvalue weighted by Gasteiger charge is -2.31. The number of carboxylic acids is 1. The fourth-order valence-corrected chi connectivity index (χ4v) is 2.19. The molecule has 0 aliphatic heterocycles. The molecule has 0 unspecified atom stereocenters. The van der Waals surface area contributed by atoms with Crippen molar-refractivity contribution in [1.82, 2.24) is 0 Å². The normalized spacial score (nSPS) is 34.0. The quantitative estimate of drug-likeness (QED) is 0.637. The van der Waals surface area contributed by atoms with Gasteiger partial charge in [0, 0.05) is 11.8 Å². The third kappa shape index (κ3) is 1.52. The Morgan fingerprint density at radius 2 is 1.93 bits per heavy atom. The Balaban J connectivity index is 2.40. The molecule has 2 aliphatic rings. The summed E-state index contributed by atoms with van der Waals surface area (Å²) in [7, 11) is 0. The fourth-order valence-electron chi connectivity index (χ4n) is 2.19. The average Bonchev–Trinajstić information content (AvgIpc) is 2.23. The third-order valence-electron chi connectivity index (χ3n) is 2.94. The Kier molecular flexibility index (Phi) is 2.26. The number of hydrogen-bond acceptors (Lipinski definition) is 3. The molecule has 4 nitrogen and oxygen atoms in total. The van der Waals surface area contributed by atoms with E-state index in [4.69, 9.17) is 5.11 Å². The first kappa shape index (κ1) is 9.83. The molecular formula is C11H10O4. The predicted molar refractivity (Wildman–Crippen MR) is 51.0 cm³/mol. The van der Waals surface area contributed by atoms with Gasteiger partial charge in [-0.15, -0.1) is 0 Å². The van der Waals surface area contributed by atoms with E-state index in [1.807, 2.05) is 0 Å². The number of carboxylic acid groups (broad SMARTS) is 1. The Morgan fingerprint density at radius 1 is 1.27 bits per heavy atom. The Hall–Kier alpha value is -1.71. The van der Waals surface area contributed by atoms with E-state index in [9.17, 15) is 14.4 Å². The van der Waals surface area contributed by atoms with E-state index in [1.54, 1.807) is 6.08 Å². The lowest BCUT2D eigenvalue weighted by molar-refractivity contribution is -0.146. The van der Waals surface area contributed by atoms with Crippen molar-refractivity contribution in [1.29, 1.82) is 0 Å². The number of carbonyl (C=O) groups excluding carboxylic acids is 2. The summed E-state index contributed by atoms with van der Waals surface area (Å²) in [5, 5.41) is 8.94. The number of ketones is 2.